The van der Waals surface area contributed by atoms with Crippen molar-refractivity contribution >= 4 is 11.8 Å². The van der Waals surface area contributed by atoms with E-state index in [2.05, 4.69) is 0 Å². The Bertz CT molecular complexity index is 375. The van der Waals surface area contributed by atoms with Crippen molar-refractivity contribution in [3.63, 3.8) is 0 Å². The molecule has 1 aromatic carbocycles. The van der Waals surface area contributed by atoms with E-state index >= 15 is 0 Å². The SMILES string of the molecule is NC(=O)CCCc1ccccc1C(N)=O. The first kappa shape index (κ1) is 11.2. The molecule has 0 aliphatic heterocycles. The van der Waals surface area contributed by atoms with E-state index < -0.39 is 5.91 Å². The van der Waals surface area contributed by atoms with Gasteiger partial charge in [-0.3, -0.25) is 9.59 Å². The van der Waals surface area contributed by atoms with Crippen LogP contribution < -0.4 is 11.5 Å². The Labute approximate surface area is 88.3 Å². The number of carbonyl (C=O) groups excluding carboxylic acids is 2. The number of amides is 2. The second kappa shape index (κ2) is 5.14. The third kappa shape index (κ3) is 3.42. The van der Waals surface area contributed by atoms with Crippen LogP contribution in [0.1, 0.15) is 28.8 Å². The van der Waals surface area contributed by atoms with Gasteiger partial charge in [-0.2, -0.15) is 0 Å². The highest BCUT2D eigenvalue weighted by atomic mass is 16.1. The smallest absolute Gasteiger partial charge is 0.248 e. The molecule has 4 N–H and O–H groups in total. The summed E-state index contributed by atoms with van der Waals surface area (Å²) in [6, 6.07) is 7.12. The molecule has 0 unspecified atom stereocenters. The van der Waals surface area contributed by atoms with E-state index in [9.17, 15) is 9.59 Å². The van der Waals surface area contributed by atoms with E-state index in [-0.39, 0.29) is 5.91 Å². The molecule has 15 heavy (non-hydrogen) atoms. The van der Waals surface area contributed by atoms with Crippen LogP contribution >= 0.6 is 0 Å². The van der Waals surface area contributed by atoms with Crippen molar-refractivity contribution in [1.29, 1.82) is 0 Å². The molecule has 80 valence electrons. The van der Waals surface area contributed by atoms with Crippen LogP contribution in [0.25, 0.3) is 0 Å². The summed E-state index contributed by atoms with van der Waals surface area (Å²) in [5.41, 5.74) is 11.6. The van der Waals surface area contributed by atoms with Gasteiger partial charge in [0, 0.05) is 12.0 Å². The molecule has 4 heteroatoms. The lowest BCUT2D eigenvalue weighted by Gasteiger charge is -2.04. The fraction of sp³-hybridized carbons (Fsp3) is 0.273. The van der Waals surface area contributed by atoms with Gasteiger partial charge in [0.25, 0.3) is 0 Å². The van der Waals surface area contributed by atoms with E-state index in [0.29, 0.717) is 24.8 Å². The Morgan fingerprint density at radius 3 is 2.40 bits per heavy atom. The van der Waals surface area contributed by atoms with Crippen LogP contribution in [0, 0.1) is 0 Å². The van der Waals surface area contributed by atoms with E-state index in [0.717, 1.165) is 5.56 Å². The maximum absolute atomic E-state index is 11.0. The number of nitrogens with two attached hydrogens (primary N) is 2. The molecule has 0 aliphatic rings. The molecule has 0 saturated heterocycles. The van der Waals surface area contributed by atoms with Gasteiger partial charge in [0.1, 0.15) is 0 Å². The van der Waals surface area contributed by atoms with Crippen LogP contribution in [0.15, 0.2) is 24.3 Å². The van der Waals surface area contributed by atoms with Crippen molar-refractivity contribution < 1.29 is 9.59 Å². The molecular formula is C11H14N2O2. The molecule has 0 aromatic heterocycles. The van der Waals surface area contributed by atoms with Crippen molar-refractivity contribution in [3.05, 3.63) is 35.4 Å². The van der Waals surface area contributed by atoms with Crippen LogP contribution in [0.4, 0.5) is 0 Å². The van der Waals surface area contributed by atoms with Gasteiger partial charge < -0.3 is 11.5 Å². The zero-order chi connectivity index (χ0) is 11.3. The van der Waals surface area contributed by atoms with Gasteiger partial charge in [0.15, 0.2) is 0 Å². The largest absolute Gasteiger partial charge is 0.370 e. The van der Waals surface area contributed by atoms with Gasteiger partial charge >= 0.3 is 0 Å². The third-order valence-corrected chi connectivity index (χ3v) is 2.15. The number of benzene rings is 1. The number of carbonyl (C=O) groups is 2. The number of primary amides is 2. The molecule has 0 spiro atoms. The summed E-state index contributed by atoms with van der Waals surface area (Å²) in [5, 5.41) is 0. The zero-order valence-corrected chi connectivity index (χ0v) is 8.40. The molecule has 0 bridgehead atoms. The average Bonchev–Trinajstić information content (AvgIpc) is 2.17. The first-order valence-corrected chi connectivity index (χ1v) is 4.77. The Hall–Kier alpha value is -1.84. The van der Waals surface area contributed by atoms with E-state index in [4.69, 9.17) is 11.5 Å². The minimum absolute atomic E-state index is 0.326. The zero-order valence-electron chi connectivity index (χ0n) is 8.40. The van der Waals surface area contributed by atoms with Gasteiger partial charge in [-0.05, 0) is 24.5 Å². The Morgan fingerprint density at radius 2 is 1.80 bits per heavy atom. The summed E-state index contributed by atoms with van der Waals surface area (Å²) >= 11 is 0. The standard InChI is InChI=1S/C11H14N2O2/c12-10(14)7-3-5-8-4-1-2-6-9(8)11(13)15/h1-2,4,6H,3,5,7H2,(H2,12,14)(H2,13,15). The van der Waals surface area contributed by atoms with Crippen LogP contribution in [-0.4, -0.2) is 11.8 Å². The average molecular weight is 206 g/mol. The lowest BCUT2D eigenvalue weighted by atomic mass is 10.0. The first-order valence-electron chi connectivity index (χ1n) is 4.77. The minimum atomic E-state index is -0.440. The summed E-state index contributed by atoms with van der Waals surface area (Å²) in [6.07, 6.45) is 1.61. The summed E-state index contributed by atoms with van der Waals surface area (Å²) in [6.45, 7) is 0. The Morgan fingerprint density at radius 1 is 1.13 bits per heavy atom. The maximum atomic E-state index is 11.0. The first-order chi connectivity index (χ1) is 7.11. The molecule has 0 radical (unpaired) electrons. The monoisotopic (exact) mass is 206 g/mol. The lowest BCUT2D eigenvalue weighted by Crippen LogP contribution is -2.14. The van der Waals surface area contributed by atoms with Crippen LogP contribution in [0.3, 0.4) is 0 Å². The summed E-state index contributed by atoms with van der Waals surface area (Å²) in [7, 11) is 0. The molecule has 0 saturated carbocycles. The molecule has 0 aliphatic carbocycles. The summed E-state index contributed by atoms with van der Waals surface area (Å²) < 4.78 is 0. The molecule has 2 amide bonds. The second-order valence-electron chi connectivity index (χ2n) is 3.34. The van der Waals surface area contributed by atoms with Gasteiger partial charge in [0.05, 0.1) is 0 Å². The Balaban J connectivity index is 2.67. The highest BCUT2D eigenvalue weighted by Crippen LogP contribution is 2.11. The van der Waals surface area contributed by atoms with Crippen molar-refractivity contribution in [2.75, 3.05) is 0 Å². The van der Waals surface area contributed by atoms with E-state index in [1.54, 1.807) is 12.1 Å². The number of aryl methyl sites for hydroxylation is 1. The van der Waals surface area contributed by atoms with Crippen molar-refractivity contribution in [1.82, 2.24) is 0 Å². The van der Waals surface area contributed by atoms with Crippen molar-refractivity contribution in [3.8, 4) is 0 Å². The molecule has 1 aromatic rings. The van der Waals surface area contributed by atoms with Gasteiger partial charge in [-0.1, -0.05) is 18.2 Å². The highest BCUT2D eigenvalue weighted by Gasteiger charge is 2.06. The van der Waals surface area contributed by atoms with Gasteiger partial charge in [0.2, 0.25) is 11.8 Å². The van der Waals surface area contributed by atoms with E-state index in [1.165, 1.54) is 0 Å². The molecule has 4 nitrogen and oxygen atoms in total. The number of hydrogen-bond donors (Lipinski definition) is 2. The summed E-state index contributed by atoms with van der Waals surface area (Å²) in [4.78, 5) is 21.6. The number of rotatable bonds is 5. The fourth-order valence-corrected chi connectivity index (χ4v) is 1.43. The quantitative estimate of drug-likeness (QED) is 0.738. The molecule has 1 rings (SSSR count). The van der Waals surface area contributed by atoms with Crippen LogP contribution in [-0.2, 0) is 11.2 Å². The van der Waals surface area contributed by atoms with Gasteiger partial charge in [-0.25, -0.2) is 0 Å². The van der Waals surface area contributed by atoms with Crippen LogP contribution in [0.5, 0.6) is 0 Å². The van der Waals surface area contributed by atoms with Crippen molar-refractivity contribution in [2.24, 2.45) is 11.5 Å². The third-order valence-electron chi connectivity index (χ3n) is 2.15. The molecule has 0 atom stereocenters. The predicted molar refractivity (Wildman–Crippen MR) is 57.1 cm³/mol. The maximum Gasteiger partial charge on any atom is 0.248 e. The normalized spacial score (nSPS) is 9.87. The second-order valence-corrected chi connectivity index (χ2v) is 3.34. The lowest BCUT2D eigenvalue weighted by molar-refractivity contribution is -0.118. The number of hydrogen-bond acceptors (Lipinski definition) is 2. The van der Waals surface area contributed by atoms with Crippen molar-refractivity contribution in [2.45, 2.75) is 19.3 Å². The van der Waals surface area contributed by atoms with Crippen LogP contribution in [0.2, 0.25) is 0 Å². The fourth-order valence-electron chi connectivity index (χ4n) is 1.43. The topological polar surface area (TPSA) is 86.2 Å². The van der Waals surface area contributed by atoms with Gasteiger partial charge in [-0.15, -0.1) is 0 Å². The Kier molecular flexibility index (Phi) is 3.85. The highest BCUT2D eigenvalue weighted by molar-refractivity contribution is 5.94. The minimum Gasteiger partial charge on any atom is -0.370 e. The molecular weight excluding hydrogens is 192 g/mol. The molecule has 0 heterocycles. The molecule has 0 fully saturated rings. The summed E-state index contributed by atoms with van der Waals surface area (Å²) in [5.74, 6) is -0.767. The van der Waals surface area contributed by atoms with E-state index in [1.807, 2.05) is 12.1 Å². The predicted octanol–water partition coefficient (Wildman–Crippen LogP) is 0.594.